The van der Waals surface area contributed by atoms with E-state index in [0.29, 0.717) is 6.54 Å². The molecule has 0 amide bonds. The van der Waals surface area contributed by atoms with E-state index in [9.17, 15) is 13.2 Å². The highest BCUT2D eigenvalue weighted by molar-refractivity contribution is 5.80. The van der Waals surface area contributed by atoms with E-state index in [1.165, 1.54) is 12.1 Å². The molecule has 0 bridgehead atoms. The highest BCUT2D eigenvalue weighted by Crippen LogP contribution is 2.31. The van der Waals surface area contributed by atoms with Crippen LogP contribution in [0.1, 0.15) is 11.3 Å². The molecule has 0 unspecified atom stereocenters. The van der Waals surface area contributed by atoms with Gasteiger partial charge in [0.05, 0.1) is 17.8 Å². The molecule has 1 aliphatic rings. The van der Waals surface area contributed by atoms with Crippen LogP contribution in [0.4, 0.5) is 13.2 Å². The van der Waals surface area contributed by atoms with Gasteiger partial charge in [0.25, 0.3) is 0 Å². The van der Waals surface area contributed by atoms with E-state index in [-0.39, 0.29) is 12.4 Å². The standard InChI is InChI=1S/C19H24F3N5O2/c1-23-18(27-9-7-26(8-10-27)14-16-5-11-29-25-16)24-6-12-28-17-4-2-3-15(13-17)19(20,21)22/h2-5,11,13H,6-10,12,14H2,1H3,(H,23,24). The Morgan fingerprint density at radius 2 is 2.03 bits per heavy atom. The first-order valence-electron chi connectivity index (χ1n) is 9.33. The summed E-state index contributed by atoms with van der Waals surface area (Å²) in [5.41, 5.74) is 0.190. The predicted molar refractivity (Wildman–Crippen MR) is 102 cm³/mol. The molecule has 1 aromatic carbocycles. The first-order chi connectivity index (χ1) is 14.0. The third-order valence-electron chi connectivity index (χ3n) is 4.58. The number of piperazine rings is 1. The van der Waals surface area contributed by atoms with Crippen molar-refractivity contribution in [1.29, 1.82) is 0 Å². The van der Waals surface area contributed by atoms with E-state index in [0.717, 1.165) is 56.5 Å². The van der Waals surface area contributed by atoms with Gasteiger partial charge in [-0.2, -0.15) is 13.2 Å². The van der Waals surface area contributed by atoms with Crippen LogP contribution in [0.2, 0.25) is 0 Å². The maximum Gasteiger partial charge on any atom is 0.416 e. The largest absolute Gasteiger partial charge is 0.492 e. The monoisotopic (exact) mass is 411 g/mol. The van der Waals surface area contributed by atoms with Gasteiger partial charge in [-0.25, -0.2) is 0 Å². The van der Waals surface area contributed by atoms with Gasteiger partial charge < -0.3 is 19.5 Å². The summed E-state index contributed by atoms with van der Waals surface area (Å²) in [7, 11) is 1.71. The lowest BCUT2D eigenvalue weighted by Gasteiger charge is -2.36. The van der Waals surface area contributed by atoms with Gasteiger partial charge >= 0.3 is 6.18 Å². The summed E-state index contributed by atoms with van der Waals surface area (Å²) in [6.07, 6.45) is -2.81. The van der Waals surface area contributed by atoms with Crippen molar-refractivity contribution in [2.75, 3.05) is 46.4 Å². The van der Waals surface area contributed by atoms with Crippen molar-refractivity contribution in [1.82, 2.24) is 20.3 Å². The number of aromatic nitrogens is 1. The van der Waals surface area contributed by atoms with Gasteiger partial charge in [-0.05, 0) is 18.2 Å². The Kier molecular flexibility index (Phi) is 6.97. The number of benzene rings is 1. The van der Waals surface area contributed by atoms with Crippen molar-refractivity contribution in [3.05, 3.63) is 47.9 Å². The lowest BCUT2D eigenvalue weighted by atomic mass is 10.2. The molecule has 158 valence electrons. The zero-order valence-electron chi connectivity index (χ0n) is 16.2. The van der Waals surface area contributed by atoms with Crippen LogP contribution < -0.4 is 10.1 Å². The second-order valence-electron chi connectivity index (χ2n) is 6.60. The van der Waals surface area contributed by atoms with Gasteiger partial charge in [0.15, 0.2) is 5.96 Å². The van der Waals surface area contributed by atoms with Gasteiger partial charge in [0, 0.05) is 45.8 Å². The topological polar surface area (TPSA) is 66.1 Å². The molecule has 0 atom stereocenters. The molecular weight excluding hydrogens is 387 g/mol. The minimum atomic E-state index is -4.38. The summed E-state index contributed by atoms with van der Waals surface area (Å²) >= 11 is 0. The fourth-order valence-electron chi connectivity index (χ4n) is 3.09. The summed E-state index contributed by atoms with van der Waals surface area (Å²) < 4.78 is 48.5. The van der Waals surface area contributed by atoms with Crippen LogP contribution in [0, 0.1) is 0 Å². The Morgan fingerprint density at radius 1 is 1.24 bits per heavy atom. The molecule has 2 heterocycles. The van der Waals surface area contributed by atoms with E-state index in [1.807, 2.05) is 6.07 Å². The summed E-state index contributed by atoms with van der Waals surface area (Å²) in [4.78, 5) is 8.72. The molecule has 0 saturated carbocycles. The van der Waals surface area contributed by atoms with Gasteiger partial charge in [0.2, 0.25) is 0 Å². The fraction of sp³-hybridized carbons (Fsp3) is 0.474. The van der Waals surface area contributed by atoms with Gasteiger partial charge in [-0.15, -0.1) is 0 Å². The highest BCUT2D eigenvalue weighted by atomic mass is 19.4. The SMILES string of the molecule is CN=C(NCCOc1cccc(C(F)(F)F)c1)N1CCN(Cc2ccon2)CC1. The zero-order chi connectivity index (χ0) is 20.7. The molecule has 7 nitrogen and oxygen atoms in total. The summed E-state index contributed by atoms with van der Waals surface area (Å²) in [5.74, 6) is 0.941. The number of nitrogens with one attached hydrogen (secondary N) is 1. The maximum absolute atomic E-state index is 12.7. The molecule has 1 aromatic heterocycles. The Balaban J connectivity index is 1.40. The normalized spacial score (nSPS) is 16.1. The number of aliphatic imine (C=N–C) groups is 1. The molecule has 10 heteroatoms. The van der Waals surface area contributed by atoms with Crippen molar-refractivity contribution in [2.45, 2.75) is 12.7 Å². The number of rotatable bonds is 6. The third kappa shape index (κ3) is 6.11. The summed E-state index contributed by atoms with van der Waals surface area (Å²) in [5, 5.41) is 7.13. The lowest BCUT2D eigenvalue weighted by Crippen LogP contribution is -2.52. The molecule has 29 heavy (non-hydrogen) atoms. The number of nitrogens with zero attached hydrogens (tertiary/aromatic N) is 4. The molecule has 3 rings (SSSR count). The Labute approximate surface area is 167 Å². The van der Waals surface area contributed by atoms with Crippen LogP contribution in [0.3, 0.4) is 0 Å². The van der Waals surface area contributed by atoms with Crippen molar-refractivity contribution in [2.24, 2.45) is 4.99 Å². The number of hydrogen-bond acceptors (Lipinski definition) is 5. The van der Waals surface area contributed by atoms with Crippen LogP contribution in [-0.4, -0.2) is 67.3 Å². The number of hydrogen-bond donors (Lipinski definition) is 1. The molecule has 1 fully saturated rings. The summed E-state index contributed by atoms with van der Waals surface area (Å²) in [6.45, 7) is 4.77. The minimum Gasteiger partial charge on any atom is -0.492 e. The fourth-order valence-corrected chi connectivity index (χ4v) is 3.09. The number of guanidine groups is 1. The molecule has 2 aromatic rings. The van der Waals surface area contributed by atoms with Crippen LogP contribution in [0.25, 0.3) is 0 Å². The van der Waals surface area contributed by atoms with Crippen molar-refractivity contribution < 1.29 is 22.4 Å². The second kappa shape index (κ2) is 9.64. The van der Waals surface area contributed by atoms with E-state index in [1.54, 1.807) is 13.3 Å². The molecular formula is C19H24F3N5O2. The van der Waals surface area contributed by atoms with Gasteiger partial charge in [-0.3, -0.25) is 9.89 Å². The Morgan fingerprint density at radius 3 is 2.69 bits per heavy atom. The van der Waals surface area contributed by atoms with Crippen molar-refractivity contribution >= 4 is 5.96 Å². The maximum atomic E-state index is 12.7. The first-order valence-corrected chi connectivity index (χ1v) is 9.33. The van der Waals surface area contributed by atoms with Crippen LogP contribution >= 0.6 is 0 Å². The van der Waals surface area contributed by atoms with Crippen LogP contribution in [-0.2, 0) is 12.7 Å². The van der Waals surface area contributed by atoms with Crippen LogP contribution in [0.15, 0.2) is 46.1 Å². The second-order valence-corrected chi connectivity index (χ2v) is 6.60. The number of halogens is 3. The predicted octanol–water partition coefficient (Wildman–Crippen LogP) is 2.47. The van der Waals surface area contributed by atoms with Crippen molar-refractivity contribution in [3.8, 4) is 5.75 Å². The quantitative estimate of drug-likeness (QED) is 0.448. The molecule has 1 aliphatic heterocycles. The summed E-state index contributed by atoms with van der Waals surface area (Å²) in [6, 6.07) is 6.73. The van der Waals surface area contributed by atoms with Gasteiger partial charge in [-0.1, -0.05) is 11.2 Å². The van der Waals surface area contributed by atoms with E-state index >= 15 is 0 Å². The number of alkyl halides is 3. The third-order valence-corrected chi connectivity index (χ3v) is 4.58. The van der Waals surface area contributed by atoms with Crippen LogP contribution in [0.5, 0.6) is 5.75 Å². The molecule has 0 aliphatic carbocycles. The average molecular weight is 411 g/mol. The zero-order valence-corrected chi connectivity index (χ0v) is 16.2. The molecule has 1 N–H and O–H groups in total. The molecule has 0 radical (unpaired) electrons. The Bertz CT molecular complexity index is 787. The van der Waals surface area contributed by atoms with E-state index in [2.05, 4.69) is 25.3 Å². The molecule has 1 saturated heterocycles. The van der Waals surface area contributed by atoms with E-state index in [4.69, 9.17) is 9.26 Å². The average Bonchev–Trinajstić information content (AvgIpc) is 3.22. The number of ether oxygens (including phenoxy) is 1. The van der Waals surface area contributed by atoms with E-state index < -0.39 is 11.7 Å². The highest BCUT2D eigenvalue weighted by Gasteiger charge is 2.30. The first kappa shape index (κ1) is 21.0. The smallest absolute Gasteiger partial charge is 0.416 e. The Hall–Kier alpha value is -2.75. The van der Waals surface area contributed by atoms with Crippen molar-refractivity contribution in [3.63, 3.8) is 0 Å². The lowest BCUT2D eigenvalue weighted by molar-refractivity contribution is -0.137. The van der Waals surface area contributed by atoms with Gasteiger partial charge in [0.1, 0.15) is 18.6 Å². The minimum absolute atomic E-state index is 0.193. The molecule has 0 spiro atoms.